The minimum atomic E-state index is -1.12. The third-order valence-corrected chi connectivity index (χ3v) is 7.40. The van der Waals surface area contributed by atoms with Crippen molar-refractivity contribution < 1.29 is 24.2 Å². The van der Waals surface area contributed by atoms with Crippen molar-refractivity contribution in [2.75, 3.05) is 37.7 Å². The molecule has 0 unspecified atom stereocenters. The lowest BCUT2D eigenvalue weighted by Gasteiger charge is -2.35. The first-order chi connectivity index (χ1) is 18.4. The summed E-state index contributed by atoms with van der Waals surface area (Å²) < 4.78 is 5.53. The van der Waals surface area contributed by atoms with Crippen molar-refractivity contribution >= 4 is 23.7 Å². The molecule has 1 heterocycles. The molecular formula is C30H31N3O5. The number of hydrogen-bond donors (Lipinski definition) is 2. The molecule has 2 aliphatic rings. The average molecular weight is 514 g/mol. The standard InChI is InChI=1S/C30H31N3O5/c1-20(34)32-14-16-33(17-15-32)22-12-10-21(11-13-22)18-28(29(35)36)31-30(37)38-19-27-25-8-4-2-6-23(25)24-7-3-5-9-26(24)27/h2-13,27-28H,14-19H2,1H3,(H,31,37)(H,35,36)/t28-/m0/s1. The van der Waals surface area contributed by atoms with Gasteiger partial charge in [0.15, 0.2) is 0 Å². The van der Waals surface area contributed by atoms with Gasteiger partial charge in [-0.2, -0.15) is 0 Å². The number of hydrogen-bond acceptors (Lipinski definition) is 5. The number of carbonyl (C=O) groups is 3. The van der Waals surface area contributed by atoms with E-state index in [9.17, 15) is 19.5 Å². The Morgan fingerprint density at radius 3 is 2.03 bits per heavy atom. The fraction of sp³-hybridized carbons (Fsp3) is 0.300. The van der Waals surface area contributed by atoms with Crippen molar-refractivity contribution in [1.82, 2.24) is 10.2 Å². The van der Waals surface area contributed by atoms with E-state index in [1.54, 1.807) is 6.92 Å². The topological polar surface area (TPSA) is 99.2 Å². The summed E-state index contributed by atoms with van der Waals surface area (Å²) in [6.45, 7) is 4.57. The summed E-state index contributed by atoms with van der Waals surface area (Å²) in [5.74, 6) is -1.13. The number of carboxylic acid groups (broad SMARTS) is 1. The fourth-order valence-corrected chi connectivity index (χ4v) is 5.34. The molecule has 0 spiro atoms. The zero-order chi connectivity index (χ0) is 26.6. The Balaban J connectivity index is 1.17. The van der Waals surface area contributed by atoms with Crippen molar-refractivity contribution in [2.45, 2.75) is 25.3 Å². The van der Waals surface area contributed by atoms with E-state index in [0.717, 1.165) is 46.6 Å². The first-order valence-corrected chi connectivity index (χ1v) is 12.8. The van der Waals surface area contributed by atoms with Crippen LogP contribution in [0.2, 0.25) is 0 Å². The maximum atomic E-state index is 12.6. The first kappa shape index (κ1) is 25.3. The highest BCUT2D eigenvalue weighted by Gasteiger charge is 2.30. The maximum absolute atomic E-state index is 12.6. The van der Waals surface area contributed by atoms with Crippen molar-refractivity contribution in [3.8, 4) is 11.1 Å². The molecule has 1 saturated heterocycles. The Labute approximate surface area is 221 Å². The summed E-state index contributed by atoms with van der Waals surface area (Å²) in [7, 11) is 0. The van der Waals surface area contributed by atoms with E-state index < -0.39 is 18.1 Å². The number of anilines is 1. The van der Waals surface area contributed by atoms with Gasteiger partial charge in [-0.3, -0.25) is 4.79 Å². The van der Waals surface area contributed by atoms with Crippen LogP contribution in [0.3, 0.4) is 0 Å². The second-order valence-electron chi connectivity index (χ2n) is 9.72. The van der Waals surface area contributed by atoms with Gasteiger partial charge in [0, 0.05) is 51.1 Å². The number of rotatable bonds is 7. The lowest BCUT2D eigenvalue weighted by Crippen LogP contribution is -2.48. The number of piperazine rings is 1. The summed E-state index contributed by atoms with van der Waals surface area (Å²) in [6, 6.07) is 22.6. The second-order valence-corrected chi connectivity index (χ2v) is 9.72. The van der Waals surface area contributed by atoms with Crippen molar-refractivity contribution in [1.29, 1.82) is 0 Å². The SMILES string of the molecule is CC(=O)N1CCN(c2ccc(C[C@H](NC(=O)OCC3c4ccccc4-c4ccccc43)C(=O)O)cc2)CC1. The van der Waals surface area contributed by atoms with Crippen LogP contribution in [0, 0.1) is 0 Å². The zero-order valence-electron chi connectivity index (χ0n) is 21.3. The quantitative estimate of drug-likeness (QED) is 0.497. The Kier molecular flexibility index (Phi) is 7.31. The van der Waals surface area contributed by atoms with Crippen LogP contribution in [0.15, 0.2) is 72.8 Å². The molecule has 1 aliphatic heterocycles. The molecule has 1 aliphatic carbocycles. The molecule has 0 aromatic heterocycles. The molecule has 5 rings (SSSR count). The van der Waals surface area contributed by atoms with Gasteiger partial charge in [0.1, 0.15) is 12.6 Å². The van der Waals surface area contributed by atoms with Crippen LogP contribution in [-0.2, 0) is 20.7 Å². The molecule has 2 amide bonds. The number of benzene rings is 3. The van der Waals surface area contributed by atoms with Gasteiger partial charge < -0.3 is 25.0 Å². The average Bonchev–Trinajstić information content (AvgIpc) is 3.25. The lowest BCUT2D eigenvalue weighted by atomic mass is 9.98. The molecular weight excluding hydrogens is 482 g/mol. The summed E-state index contributed by atoms with van der Waals surface area (Å²) in [5, 5.41) is 12.3. The third-order valence-electron chi connectivity index (χ3n) is 7.40. The van der Waals surface area contributed by atoms with Gasteiger partial charge in [-0.15, -0.1) is 0 Å². The molecule has 3 aromatic carbocycles. The molecule has 0 bridgehead atoms. The van der Waals surface area contributed by atoms with E-state index in [2.05, 4.69) is 22.3 Å². The molecule has 0 radical (unpaired) electrons. The van der Waals surface area contributed by atoms with Crippen LogP contribution in [0.5, 0.6) is 0 Å². The second kappa shape index (κ2) is 11.0. The van der Waals surface area contributed by atoms with Gasteiger partial charge in [-0.05, 0) is 39.9 Å². The van der Waals surface area contributed by atoms with Gasteiger partial charge in [-0.25, -0.2) is 9.59 Å². The number of nitrogens with zero attached hydrogens (tertiary/aromatic N) is 2. The van der Waals surface area contributed by atoms with Crippen molar-refractivity contribution in [3.05, 3.63) is 89.5 Å². The van der Waals surface area contributed by atoms with Crippen LogP contribution in [-0.4, -0.2) is 66.8 Å². The summed E-state index contributed by atoms with van der Waals surface area (Å²) in [4.78, 5) is 40.1. The minimum absolute atomic E-state index is 0.0867. The van der Waals surface area contributed by atoms with Crippen LogP contribution < -0.4 is 10.2 Å². The first-order valence-electron chi connectivity index (χ1n) is 12.8. The predicted molar refractivity (Wildman–Crippen MR) is 144 cm³/mol. The molecule has 2 N–H and O–H groups in total. The van der Waals surface area contributed by atoms with Gasteiger partial charge >= 0.3 is 12.1 Å². The number of amides is 2. The highest BCUT2D eigenvalue weighted by molar-refractivity contribution is 5.81. The van der Waals surface area contributed by atoms with E-state index in [1.165, 1.54) is 0 Å². The van der Waals surface area contributed by atoms with E-state index >= 15 is 0 Å². The third kappa shape index (κ3) is 5.34. The van der Waals surface area contributed by atoms with Gasteiger partial charge in [0.25, 0.3) is 0 Å². The Bertz CT molecular complexity index is 1290. The molecule has 0 saturated carbocycles. The number of ether oxygens (including phenoxy) is 1. The van der Waals surface area contributed by atoms with Crippen LogP contribution in [0.1, 0.15) is 29.5 Å². The summed E-state index contributed by atoms with van der Waals surface area (Å²) in [5.41, 5.74) is 6.27. The number of nitrogens with one attached hydrogen (secondary N) is 1. The highest BCUT2D eigenvalue weighted by Crippen LogP contribution is 2.44. The van der Waals surface area contributed by atoms with Crippen LogP contribution >= 0.6 is 0 Å². The molecule has 3 aromatic rings. The monoisotopic (exact) mass is 513 g/mol. The number of carbonyl (C=O) groups excluding carboxylic acids is 2. The fourth-order valence-electron chi connectivity index (χ4n) is 5.34. The Hall–Kier alpha value is -4.33. The smallest absolute Gasteiger partial charge is 0.407 e. The Morgan fingerprint density at radius 1 is 0.895 bits per heavy atom. The van der Waals surface area contributed by atoms with E-state index in [0.29, 0.717) is 13.1 Å². The van der Waals surface area contributed by atoms with Crippen molar-refractivity contribution in [3.63, 3.8) is 0 Å². The normalized spacial score (nSPS) is 15.4. The minimum Gasteiger partial charge on any atom is -0.480 e. The summed E-state index contributed by atoms with van der Waals surface area (Å²) >= 11 is 0. The van der Waals surface area contributed by atoms with E-state index in [-0.39, 0.29) is 24.9 Å². The number of aliphatic carboxylic acids is 1. The molecule has 38 heavy (non-hydrogen) atoms. The predicted octanol–water partition coefficient (Wildman–Crippen LogP) is 3.89. The van der Waals surface area contributed by atoms with E-state index in [1.807, 2.05) is 65.6 Å². The zero-order valence-corrected chi connectivity index (χ0v) is 21.3. The molecule has 8 nitrogen and oxygen atoms in total. The van der Waals surface area contributed by atoms with Crippen molar-refractivity contribution in [2.24, 2.45) is 0 Å². The maximum Gasteiger partial charge on any atom is 0.407 e. The molecule has 1 atom stereocenters. The molecule has 1 fully saturated rings. The number of fused-ring (bicyclic) bond motifs is 3. The summed E-state index contributed by atoms with van der Waals surface area (Å²) in [6.07, 6.45) is -0.614. The van der Waals surface area contributed by atoms with Gasteiger partial charge in [0.2, 0.25) is 5.91 Å². The Morgan fingerprint density at radius 2 is 1.47 bits per heavy atom. The number of alkyl carbamates (subject to hydrolysis) is 1. The highest BCUT2D eigenvalue weighted by atomic mass is 16.5. The molecule has 8 heteroatoms. The van der Waals surface area contributed by atoms with E-state index in [4.69, 9.17) is 4.74 Å². The van der Waals surface area contributed by atoms with Crippen LogP contribution in [0.25, 0.3) is 11.1 Å². The largest absolute Gasteiger partial charge is 0.480 e. The molecule has 196 valence electrons. The van der Waals surface area contributed by atoms with Gasteiger partial charge in [0.05, 0.1) is 0 Å². The lowest BCUT2D eigenvalue weighted by molar-refractivity contribution is -0.139. The van der Waals surface area contributed by atoms with Crippen LogP contribution in [0.4, 0.5) is 10.5 Å². The van der Waals surface area contributed by atoms with Gasteiger partial charge in [-0.1, -0.05) is 60.7 Å². The number of carboxylic acids is 1.